The highest BCUT2D eigenvalue weighted by atomic mass is 16.5. The van der Waals surface area contributed by atoms with Gasteiger partial charge in [-0.15, -0.1) is 0 Å². The minimum absolute atomic E-state index is 0.0382. The summed E-state index contributed by atoms with van der Waals surface area (Å²) in [6, 6.07) is 37.8. The van der Waals surface area contributed by atoms with Crippen molar-refractivity contribution in [3.63, 3.8) is 0 Å². The molecule has 6 aromatic heterocycles. The number of ether oxygens (including phenoxy) is 5. The second kappa shape index (κ2) is 35.8. The molecule has 3 aliphatic heterocycles. The Balaban J connectivity index is 0.000000140. The zero-order valence-electron chi connectivity index (χ0n) is 66.1. The van der Waals surface area contributed by atoms with Crippen molar-refractivity contribution in [2.75, 3.05) is 129 Å². The molecule has 1 saturated carbocycles. The first-order valence-electron chi connectivity index (χ1n) is 38.9. The number of rotatable bonds is 27. The fourth-order valence-electron chi connectivity index (χ4n) is 15.3. The molecule has 16 rings (SSSR count). The molecule has 4 aliphatic rings. The van der Waals surface area contributed by atoms with Crippen LogP contribution in [-0.2, 0) is 32.5 Å². The average molecular weight is 1510 g/mol. The molecule has 584 valence electrons. The van der Waals surface area contributed by atoms with Crippen molar-refractivity contribution in [2.45, 2.75) is 83.9 Å². The van der Waals surface area contributed by atoms with Crippen molar-refractivity contribution < 1.29 is 33.6 Å². The summed E-state index contributed by atoms with van der Waals surface area (Å²) >= 11 is 0. The van der Waals surface area contributed by atoms with Gasteiger partial charge < -0.3 is 53.3 Å². The number of methoxy groups -OCH3 is 5. The second-order valence-corrected chi connectivity index (χ2v) is 29.5. The number of aliphatic hydroxyl groups excluding tert-OH is 1. The van der Waals surface area contributed by atoms with Gasteiger partial charge in [-0.1, -0.05) is 0 Å². The van der Waals surface area contributed by atoms with Crippen LogP contribution in [0.1, 0.15) is 70.8 Å². The number of aromatic nitrogens is 12. The van der Waals surface area contributed by atoms with Gasteiger partial charge in [0.05, 0.1) is 130 Å². The molecule has 2 atom stereocenters. The molecule has 112 heavy (non-hydrogen) atoms. The highest BCUT2D eigenvalue weighted by Crippen LogP contribution is 2.39. The molecule has 12 aromatic rings. The summed E-state index contributed by atoms with van der Waals surface area (Å²) in [6.07, 6.45) is 26.0. The van der Waals surface area contributed by atoms with Crippen LogP contribution in [0.4, 0.5) is 34.1 Å². The third kappa shape index (κ3) is 18.8. The Labute approximate surface area is 655 Å². The molecule has 26 nitrogen and oxygen atoms in total. The number of hydrogen-bond acceptors (Lipinski definition) is 22. The number of carbonyl (C=O) groups excluding carboxylic acids is 1. The largest absolute Gasteiger partial charge is 0.497 e. The molecule has 1 N–H and O–H groups in total. The van der Waals surface area contributed by atoms with Crippen molar-refractivity contribution in [2.24, 2.45) is 27.1 Å². The Morgan fingerprint density at radius 2 is 0.804 bits per heavy atom. The molecule has 0 bridgehead atoms. The van der Waals surface area contributed by atoms with Crippen LogP contribution in [0.5, 0.6) is 28.7 Å². The molecule has 9 heterocycles. The Kier molecular flexibility index (Phi) is 24.7. The maximum atomic E-state index is 12.5. The van der Waals surface area contributed by atoms with Crippen molar-refractivity contribution in [3.8, 4) is 62.5 Å². The molecule has 0 spiro atoms. The van der Waals surface area contributed by atoms with Gasteiger partial charge in [0.25, 0.3) is 0 Å². The summed E-state index contributed by atoms with van der Waals surface area (Å²) in [5.74, 6) is 4.33. The zero-order valence-corrected chi connectivity index (χ0v) is 66.1. The topological polar surface area (TPSA) is 237 Å². The number of carbonyl (C=O) groups is 1. The summed E-state index contributed by atoms with van der Waals surface area (Å²) in [5, 5.41) is 22.6. The van der Waals surface area contributed by atoms with E-state index in [0.717, 1.165) is 226 Å². The van der Waals surface area contributed by atoms with E-state index in [-0.39, 0.29) is 12.5 Å². The fourth-order valence-corrected chi connectivity index (χ4v) is 15.3. The first kappa shape index (κ1) is 77.4. The maximum Gasteiger partial charge on any atom is 0.225 e. The Bertz CT molecular complexity index is 5110. The average Bonchev–Trinajstić information content (AvgIpc) is 1.12. The van der Waals surface area contributed by atoms with Crippen LogP contribution in [0, 0.1) is 5.92 Å². The van der Waals surface area contributed by atoms with E-state index >= 15 is 0 Å². The first-order chi connectivity index (χ1) is 54.6. The van der Waals surface area contributed by atoms with Gasteiger partial charge in [-0.25, -0.2) is 15.0 Å². The van der Waals surface area contributed by atoms with Crippen LogP contribution in [0.3, 0.4) is 0 Å². The van der Waals surface area contributed by atoms with Crippen molar-refractivity contribution >= 4 is 73.1 Å². The number of benzene rings is 6. The number of piperazine rings is 1. The Morgan fingerprint density at radius 3 is 1.19 bits per heavy atom. The number of anilines is 6. The quantitative estimate of drug-likeness (QED) is 0.0503. The molecule has 4 fully saturated rings. The van der Waals surface area contributed by atoms with Gasteiger partial charge in [0.2, 0.25) is 5.91 Å². The minimum Gasteiger partial charge on any atom is -0.497 e. The maximum absolute atomic E-state index is 12.5. The Morgan fingerprint density at radius 1 is 0.420 bits per heavy atom. The van der Waals surface area contributed by atoms with E-state index in [0.29, 0.717) is 18.0 Å². The van der Waals surface area contributed by atoms with Crippen LogP contribution in [0.2, 0.25) is 0 Å². The lowest BCUT2D eigenvalue weighted by Gasteiger charge is -2.36. The molecule has 6 aromatic carbocycles. The molecule has 0 unspecified atom stereocenters. The predicted molar refractivity (Wildman–Crippen MR) is 440 cm³/mol. The molecular weight excluding hydrogens is 1410 g/mol. The lowest BCUT2D eigenvalue weighted by Crippen LogP contribution is -2.50. The summed E-state index contributed by atoms with van der Waals surface area (Å²) in [5.41, 5.74) is 17.1. The van der Waals surface area contributed by atoms with Crippen LogP contribution in [-0.4, -0.2) is 216 Å². The van der Waals surface area contributed by atoms with E-state index in [1.165, 1.54) is 38.8 Å². The third-order valence-corrected chi connectivity index (χ3v) is 21.7. The summed E-state index contributed by atoms with van der Waals surface area (Å²) < 4.78 is 33.2. The number of aryl methyl sites for hydroxylation is 3. The smallest absolute Gasteiger partial charge is 0.225 e. The lowest BCUT2D eigenvalue weighted by atomic mass is 10.1. The van der Waals surface area contributed by atoms with E-state index < -0.39 is 0 Å². The van der Waals surface area contributed by atoms with Gasteiger partial charge in [-0.2, -0.15) is 15.3 Å². The molecule has 1 aliphatic carbocycles. The van der Waals surface area contributed by atoms with Gasteiger partial charge in [-0.05, 0) is 157 Å². The summed E-state index contributed by atoms with van der Waals surface area (Å²) in [6.45, 7) is 15.8. The van der Waals surface area contributed by atoms with Gasteiger partial charge in [0.15, 0.2) is 0 Å². The normalized spacial score (nSPS) is 15.9. The van der Waals surface area contributed by atoms with E-state index in [2.05, 4.69) is 122 Å². The highest BCUT2D eigenvalue weighted by Gasteiger charge is 2.35. The van der Waals surface area contributed by atoms with E-state index in [1.807, 2.05) is 118 Å². The van der Waals surface area contributed by atoms with Crippen LogP contribution < -0.4 is 38.4 Å². The SMILES string of the molecule is COc1cc(CO)cc(N(CCCN2CCCC2)c2ccc3ncc(-c4cnn(C)c4)nc3c2)c1.COc1cc(OC)cc(N(CCCN2[C@@H](C)CC[C@@H]2C)c2ccc3ncc(-c4cnn(C)c4)nc3c2)c1.COc1cc(OC)cc(N(CCN2CCN(C(=O)C3CC3)CC2)c2ccc3ncc(-c4cnn(C)c4)nc3c2)c1. The van der Waals surface area contributed by atoms with E-state index in [9.17, 15) is 9.90 Å². The van der Waals surface area contributed by atoms with Gasteiger partial charge in [0, 0.05) is 210 Å². The summed E-state index contributed by atoms with van der Waals surface area (Å²) in [7, 11) is 14.0. The first-order valence-corrected chi connectivity index (χ1v) is 38.9. The van der Waals surface area contributed by atoms with Crippen LogP contribution in [0.15, 0.2) is 165 Å². The van der Waals surface area contributed by atoms with Crippen molar-refractivity contribution in [1.82, 2.24) is 78.8 Å². The molecule has 0 radical (unpaired) electrons. The van der Waals surface area contributed by atoms with Gasteiger partial charge in [-0.3, -0.25) is 43.6 Å². The molecule has 26 heteroatoms. The number of nitrogens with zero attached hydrogens (tertiary/aromatic N) is 19. The Hall–Kier alpha value is -11.3. The van der Waals surface area contributed by atoms with E-state index in [1.54, 1.807) is 74.4 Å². The monoisotopic (exact) mass is 1510 g/mol. The number of fused-ring (bicyclic) bond motifs is 3. The molecular formula is C86H103N19O7. The third-order valence-electron chi connectivity index (χ3n) is 21.7. The van der Waals surface area contributed by atoms with E-state index in [4.69, 9.17) is 38.6 Å². The number of amides is 1. The zero-order chi connectivity index (χ0) is 77.8. The van der Waals surface area contributed by atoms with Gasteiger partial charge >= 0.3 is 0 Å². The molecule has 3 saturated heterocycles. The predicted octanol–water partition coefficient (Wildman–Crippen LogP) is 13.3. The van der Waals surface area contributed by atoms with Crippen LogP contribution in [0.25, 0.3) is 66.9 Å². The number of aliphatic hydroxyl groups is 1. The standard InChI is InChI=1S/C30H35N7O3.C29H36N6O2.C27H32N6O2/c1-34-20-22(18-32-34)29-19-31-27-7-6-23(16-28(27)33-29)37(24-14-25(39-2)17-26(15-24)40-3)13-10-35-8-11-36(12-9-35)30(38)21-4-5-21;1-20-7-8-21(2)34(20)11-6-12-35(24-13-25(36-4)16-26(14-24)37-5)23-9-10-27-28(15-23)32-29(18-30-27)22-17-31-33(3)19-22;1-31-18-21(16-29-31)27-17-28-25-7-6-22(15-26(25)30-27)33(11-5-10-32-8-3-4-9-32)23-12-20(19-34)13-24(14-23)35-2/h6-7,14-21H,4-5,8-13H2,1-3H3;9-10,13-21H,6-8,11-12H2,1-5H3;6-7,12-18,34H,3-5,8-11,19H2,1-2H3/t;20-,21-;/m.0./s1. The van der Waals surface area contributed by atoms with Crippen molar-refractivity contribution in [1.29, 1.82) is 0 Å². The second-order valence-electron chi connectivity index (χ2n) is 29.5. The lowest BCUT2D eigenvalue weighted by molar-refractivity contribution is -0.134. The number of likely N-dealkylation sites (tertiary alicyclic amines) is 2. The summed E-state index contributed by atoms with van der Waals surface area (Å²) in [4.78, 5) is 57.7. The minimum atomic E-state index is -0.0382. The van der Waals surface area contributed by atoms with Crippen molar-refractivity contribution in [3.05, 3.63) is 171 Å². The highest BCUT2D eigenvalue weighted by molar-refractivity contribution is 5.86. The van der Waals surface area contributed by atoms with Crippen LogP contribution >= 0.6 is 0 Å². The van der Waals surface area contributed by atoms with Gasteiger partial charge in [0.1, 0.15) is 28.7 Å². The number of hydrogen-bond donors (Lipinski definition) is 1. The molecule has 1 amide bonds. The fraction of sp³-hybridized carbons (Fsp3) is 0.395.